The van der Waals surface area contributed by atoms with Crippen molar-refractivity contribution >= 4 is 35.0 Å². The van der Waals surface area contributed by atoms with Gasteiger partial charge in [0, 0.05) is 11.9 Å². The van der Waals surface area contributed by atoms with Crippen LogP contribution in [0, 0.1) is 0 Å². The Morgan fingerprint density at radius 2 is 1.84 bits per heavy atom. The van der Waals surface area contributed by atoms with Crippen LogP contribution in [0.5, 0.6) is 5.75 Å². The average Bonchev–Trinajstić information content (AvgIpc) is 2.91. The van der Waals surface area contributed by atoms with Gasteiger partial charge in [-0.25, -0.2) is 14.8 Å². The topological polar surface area (TPSA) is 149 Å². The minimum atomic E-state index is -4.60. The van der Waals surface area contributed by atoms with Crippen molar-refractivity contribution in [1.82, 2.24) is 9.97 Å². The molecule has 4 N–H and O–H groups in total. The van der Waals surface area contributed by atoms with Crippen LogP contribution in [0.2, 0.25) is 5.02 Å². The number of hydrogen-bond acceptors (Lipinski definition) is 8. The zero-order valence-electron chi connectivity index (χ0n) is 22.0. The van der Waals surface area contributed by atoms with E-state index in [1.54, 1.807) is 18.2 Å². The van der Waals surface area contributed by atoms with Gasteiger partial charge in [0.05, 0.1) is 23.4 Å². The first-order valence-corrected chi connectivity index (χ1v) is 12.3. The van der Waals surface area contributed by atoms with Gasteiger partial charge in [0.1, 0.15) is 35.1 Å². The molecule has 3 heterocycles. The summed E-state index contributed by atoms with van der Waals surface area (Å²) in [5.41, 5.74) is 4.60. The zero-order chi connectivity index (χ0) is 32.0. The Morgan fingerprint density at radius 1 is 1.12 bits per heavy atom. The van der Waals surface area contributed by atoms with Crippen molar-refractivity contribution in [1.29, 1.82) is 0 Å². The fraction of sp³-hybridized carbons (Fsp3) is 0.269. The quantitative estimate of drug-likeness (QED) is 0.309. The van der Waals surface area contributed by atoms with Gasteiger partial charge in [0.2, 0.25) is 0 Å². The first kappa shape index (κ1) is 33.1. The third-order valence-electron chi connectivity index (χ3n) is 5.51. The SMILES string of the molecule is CC1(c2cccc(NC(=O)c3ncc(C(F)(F)F)cc3Cl)c2)COCC(N)=N1.O=C(O)c1ccc(OCC(F)(F)F)cn1. The lowest BCUT2D eigenvalue weighted by molar-refractivity contribution is -0.153. The van der Waals surface area contributed by atoms with Crippen molar-refractivity contribution in [2.24, 2.45) is 10.7 Å². The number of nitrogens with zero attached hydrogens (tertiary/aromatic N) is 3. The number of carboxylic acid groups (broad SMARTS) is 1. The van der Waals surface area contributed by atoms with Gasteiger partial charge in [-0.15, -0.1) is 0 Å². The maximum atomic E-state index is 12.7. The van der Waals surface area contributed by atoms with Gasteiger partial charge in [-0.3, -0.25) is 9.79 Å². The predicted octanol–water partition coefficient (Wildman–Crippen LogP) is 5.33. The molecule has 0 aliphatic carbocycles. The lowest BCUT2D eigenvalue weighted by atomic mass is 9.92. The Labute approximate surface area is 244 Å². The van der Waals surface area contributed by atoms with E-state index >= 15 is 0 Å². The molecule has 0 spiro atoms. The van der Waals surface area contributed by atoms with E-state index in [1.807, 2.05) is 13.0 Å². The summed E-state index contributed by atoms with van der Waals surface area (Å²) in [4.78, 5) is 34.1. The van der Waals surface area contributed by atoms with Crippen LogP contribution in [-0.2, 0) is 16.5 Å². The van der Waals surface area contributed by atoms with Gasteiger partial charge in [0.15, 0.2) is 6.61 Å². The molecule has 17 heteroatoms. The molecule has 1 amide bonds. The van der Waals surface area contributed by atoms with Crippen LogP contribution in [-0.4, -0.2) is 58.8 Å². The number of benzene rings is 1. The van der Waals surface area contributed by atoms with Crippen molar-refractivity contribution in [3.8, 4) is 5.75 Å². The molecule has 4 rings (SSSR count). The number of pyridine rings is 2. The highest BCUT2D eigenvalue weighted by atomic mass is 35.5. The number of ether oxygens (including phenoxy) is 2. The number of amides is 1. The number of amidine groups is 1. The second kappa shape index (κ2) is 13.2. The highest BCUT2D eigenvalue weighted by Gasteiger charge is 2.33. The molecule has 1 aliphatic rings. The zero-order valence-corrected chi connectivity index (χ0v) is 22.7. The Kier molecular flexibility index (Phi) is 10.2. The van der Waals surface area contributed by atoms with E-state index in [9.17, 15) is 35.9 Å². The molecule has 1 aromatic carbocycles. The summed E-state index contributed by atoms with van der Waals surface area (Å²) in [5, 5.41) is 10.6. The maximum Gasteiger partial charge on any atom is 0.422 e. The molecule has 0 bridgehead atoms. The average molecular weight is 634 g/mol. The highest BCUT2D eigenvalue weighted by molar-refractivity contribution is 6.34. The number of aliphatic imine (C=N–C) groups is 1. The monoisotopic (exact) mass is 633 g/mol. The number of carboxylic acids is 1. The minimum Gasteiger partial charge on any atom is -0.483 e. The molecule has 1 atom stereocenters. The number of carbonyl (C=O) groups is 2. The number of anilines is 1. The van der Waals surface area contributed by atoms with Gasteiger partial charge < -0.3 is 25.6 Å². The Balaban J connectivity index is 0.000000285. The van der Waals surface area contributed by atoms with Gasteiger partial charge >= 0.3 is 18.3 Å². The predicted molar refractivity (Wildman–Crippen MR) is 141 cm³/mol. The van der Waals surface area contributed by atoms with Crippen LogP contribution in [0.4, 0.5) is 32.0 Å². The lowest BCUT2D eigenvalue weighted by Crippen LogP contribution is -2.37. The van der Waals surface area contributed by atoms with Crippen molar-refractivity contribution < 1.29 is 50.5 Å². The summed E-state index contributed by atoms with van der Waals surface area (Å²) >= 11 is 5.82. The van der Waals surface area contributed by atoms with E-state index in [0.29, 0.717) is 30.4 Å². The van der Waals surface area contributed by atoms with Crippen LogP contribution in [0.1, 0.15) is 39.0 Å². The number of alkyl halides is 6. The summed E-state index contributed by atoms with van der Waals surface area (Å²) in [5.74, 6) is -1.75. The van der Waals surface area contributed by atoms with Crippen molar-refractivity contribution in [3.05, 3.63) is 82.4 Å². The van der Waals surface area contributed by atoms with Gasteiger partial charge in [-0.1, -0.05) is 23.7 Å². The van der Waals surface area contributed by atoms with Crippen molar-refractivity contribution in [3.63, 3.8) is 0 Å². The first-order chi connectivity index (χ1) is 20.0. The second-order valence-electron chi connectivity index (χ2n) is 9.05. The number of halogens is 7. The summed E-state index contributed by atoms with van der Waals surface area (Å²) < 4.78 is 83.0. The lowest BCUT2D eigenvalue weighted by Gasteiger charge is -2.30. The first-order valence-electron chi connectivity index (χ1n) is 11.9. The third kappa shape index (κ3) is 9.54. The third-order valence-corrected chi connectivity index (χ3v) is 5.80. The summed E-state index contributed by atoms with van der Waals surface area (Å²) in [6.07, 6.45) is -7.53. The maximum absolute atomic E-state index is 12.7. The van der Waals surface area contributed by atoms with E-state index in [4.69, 9.17) is 27.2 Å². The largest absolute Gasteiger partial charge is 0.483 e. The van der Waals surface area contributed by atoms with Gasteiger partial charge in [-0.2, -0.15) is 26.3 Å². The molecular formula is C26H22ClF6N5O5. The van der Waals surface area contributed by atoms with E-state index in [2.05, 4.69) is 25.0 Å². The second-order valence-corrected chi connectivity index (χ2v) is 9.45. The fourth-order valence-electron chi connectivity index (χ4n) is 3.52. The number of aromatic nitrogens is 2. The van der Waals surface area contributed by atoms with Crippen LogP contribution >= 0.6 is 11.6 Å². The number of aromatic carboxylic acids is 1. The number of nitrogens with two attached hydrogens (primary N) is 1. The summed E-state index contributed by atoms with van der Waals surface area (Å²) in [6.45, 7) is 0.983. The Hall–Kier alpha value is -4.44. The van der Waals surface area contributed by atoms with Gasteiger partial charge in [-0.05, 0) is 42.8 Å². The van der Waals surface area contributed by atoms with Crippen molar-refractivity contribution in [2.45, 2.75) is 24.8 Å². The Morgan fingerprint density at radius 3 is 2.40 bits per heavy atom. The van der Waals surface area contributed by atoms with Crippen LogP contribution in [0.3, 0.4) is 0 Å². The van der Waals surface area contributed by atoms with E-state index in [-0.39, 0.29) is 23.7 Å². The number of carbonyl (C=O) groups excluding carboxylic acids is 1. The van der Waals surface area contributed by atoms with Gasteiger partial charge in [0.25, 0.3) is 5.91 Å². The molecule has 0 saturated heterocycles. The normalized spacial score (nSPS) is 16.8. The summed E-state index contributed by atoms with van der Waals surface area (Å²) in [6, 6.07) is 9.66. The molecule has 43 heavy (non-hydrogen) atoms. The van der Waals surface area contributed by atoms with E-state index < -0.39 is 47.0 Å². The van der Waals surface area contributed by atoms with Crippen LogP contribution < -0.4 is 15.8 Å². The molecule has 0 fully saturated rings. The minimum absolute atomic E-state index is 0.127. The van der Waals surface area contributed by atoms with Crippen LogP contribution in [0.15, 0.2) is 59.9 Å². The molecule has 1 aliphatic heterocycles. The molecule has 1 unspecified atom stereocenters. The molecule has 230 valence electrons. The number of nitrogens with one attached hydrogen (secondary N) is 1. The van der Waals surface area contributed by atoms with Crippen molar-refractivity contribution in [2.75, 3.05) is 25.1 Å². The number of hydrogen-bond donors (Lipinski definition) is 3. The standard InChI is InChI=1S/C18H16ClF3N4O2.C8H6F3NO3/c1-17(9-28-8-14(23)26-17)10-3-2-4-12(5-10)25-16(27)15-13(19)6-11(7-24-15)18(20,21)22;9-8(10,11)4-15-5-1-2-6(7(13)14)12-3-5/h2-7H,8-9H2,1H3,(H2,23,26)(H,25,27);1-3H,4H2,(H,13,14). The highest BCUT2D eigenvalue weighted by Crippen LogP contribution is 2.32. The van der Waals surface area contributed by atoms with E-state index in [1.165, 1.54) is 0 Å². The van der Waals surface area contributed by atoms with Crippen LogP contribution in [0.25, 0.3) is 0 Å². The molecule has 3 aromatic rings. The molecule has 10 nitrogen and oxygen atoms in total. The molecule has 0 saturated carbocycles. The summed E-state index contributed by atoms with van der Waals surface area (Å²) in [7, 11) is 0. The Bertz CT molecular complexity index is 1500. The smallest absolute Gasteiger partial charge is 0.422 e. The molecular weight excluding hydrogens is 612 g/mol. The van der Waals surface area contributed by atoms with E-state index in [0.717, 1.165) is 23.9 Å². The number of rotatable bonds is 6. The molecule has 2 aromatic heterocycles. The molecule has 0 radical (unpaired) electrons. The fourth-order valence-corrected chi connectivity index (χ4v) is 3.78.